The number of benzene rings is 1. The number of piperazine rings is 1. The molecule has 0 radical (unpaired) electrons. The molecule has 1 fully saturated rings. The molecule has 5 nitrogen and oxygen atoms in total. The fourth-order valence-corrected chi connectivity index (χ4v) is 3.59. The third-order valence-electron chi connectivity index (χ3n) is 5.63. The largest absolute Gasteiger partial charge is 0.465 e. The Labute approximate surface area is 200 Å². The van der Waals surface area contributed by atoms with Crippen molar-refractivity contribution in [2.24, 2.45) is 4.99 Å². The zero-order valence-electron chi connectivity index (χ0n) is 21.8. The van der Waals surface area contributed by atoms with Gasteiger partial charge in [-0.1, -0.05) is 26.5 Å². The topological polar surface area (TPSA) is 37.3 Å². The molecule has 2 rings (SSSR count). The summed E-state index contributed by atoms with van der Waals surface area (Å²) >= 11 is 0. The van der Waals surface area contributed by atoms with Gasteiger partial charge in [0.05, 0.1) is 0 Å². The summed E-state index contributed by atoms with van der Waals surface area (Å²) in [5, 5.41) is 0. The second kappa shape index (κ2) is 13.3. The van der Waals surface area contributed by atoms with Gasteiger partial charge in [-0.3, -0.25) is 9.89 Å². The molecular weight excluding hydrogens is 417 g/mol. The smallest absolute Gasteiger partial charge is 0.188 e. The number of ether oxygens (including phenoxy) is 2. The second-order valence-corrected chi connectivity index (χ2v) is 8.68. The predicted molar refractivity (Wildman–Crippen MR) is 139 cm³/mol. The van der Waals surface area contributed by atoms with Crippen LogP contribution in [-0.4, -0.2) is 57.2 Å². The third-order valence-corrected chi connectivity index (χ3v) is 5.63. The van der Waals surface area contributed by atoms with Crippen molar-refractivity contribution in [3.8, 4) is 0 Å². The molecule has 0 aromatic heterocycles. The minimum Gasteiger partial charge on any atom is -0.465 e. The second-order valence-electron chi connectivity index (χ2n) is 8.68. The zero-order chi connectivity index (χ0) is 25.2. The van der Waals surface area contributed by atoms with Crippen LogP contribution in [0, 0.1) is 5.82 Å². The van der Waals surface area contributed by atoms with Crippen molar-refractivity contribution in [1.29, 1.82) is 0 Å². The van der Waals surface area contributed by atoms with Crippen molar-refractivity contribution in [2.75, 3.05) is 45.0 Å². The predicted octanol–water partition coefficient (Wildman–Crippen LogP) is 6.28. The average Bonchev–Trinajstić information content (AvgIpc) is 2.81. The standard InChI is InChI=1S/C25H36FN3O2.C2H6/c1-9-18(2)19(3)24(31-17-30-8)23(27-7)20-14-21(26)16-22(15-20)28-10-12-29(13-11-28)25(4,5)6;1-2/h9,14-16H,3,7,10-13,17H2,1-2,4-6,8H3;1-2H3/b18-9+,24-23+;. The summed E-state index contributed by atoms with van der Waals surface area (Å²) in [7, 11) is 1.54. The molecule has 0 unspecified atom stereocenters. The molecule has 0 atom stereocenters. The van der Waals surface area contributed by atoms with Gasteiger partial charge in [0.1, 0.15) is 11.5 Å². The lowest BCUT2D eigenvalue weighted by molar-refractivity contribution is 0.00946. The van der Waals surface area contributed by atoms with Crippen molar-refractivity contribution >= 4 is 18.1 Å². The van der Waals surface area contributed by atoms with Crippen LogP contribution in [0.25, 0.3) is 5.70 Å². The molecule has 1 aliphatic rings. The number of anilines is 1. The number of nitrogens with zero attached hydrogens (tertiary/aromatic N) is 3. The van der Waals surface area contributed by atoms with Gasteiger partial charge in [-0.2, -0.15) is 0 Å². The molecule has 1 aromatic rings. The molecule has 6 heteroatoms. The minimum absolute atomic E-state index is 0.0291. The number of hydrogen-bond donors (Lipinski definition) is 0. The van der Waals surface area contributed by atoms with E-state index in [0.29, 0.717) is 22.6 Å². The molecule has 0 N–H and O–H groups in total. The van der Waals surface area contributed by atoms with Crippen LogP contribution in [0.4, 0.5) is 10.1 Å². The fourth-order valence-electron chi connectivity index (χ4n) is 3.59. The van der Waals surface area contributed by atoms with E-state index in [1.807, 2.05) is 39.8 Å². The minimum atomic E-state index is -0.327. The molecule has 33 heavy (non-hydrogen) atoms. The van der Waals surface area contributed by atoms with E-state index in [9.17, 15) is 4.39 Å². The van der Waals surface area contributed by atoms with E-state index < -0.39 is 0 Å². The van der Waals surface area contributed by atoms with Gasteiger partial charge in [-0.15, -0.1) is 0 Å². The highest BCUT2D eigenvalue weighted by molar-refractivity contribution is 5.76. The molecule has 0 bridgehead atoms. The van der Waals surface area contributed by atoms with Gasteiger partial charge in [0.2, 0.25) is 0 Å². The Morgan fingerprint density at radius 2 is 1.76 bits per heavy atom. The normalized spacial score (nSPS) is 15.9. The van der Waals surface area contributed by atoms with Gasteiger partial charge < -0.3 is 14.4 Å². The van der Waals surface area contributed by atoms with E-state index in [4.69, 9.17) is 9.47 Å². The average molecular weight is 460 g/mol. The first-order chi connectivity index (χ1) is 15.6. The van der Waals surface area contributed by atoms with Crippen molar-refractivity contribution in [3.63, 3.8) is 0 Å². The van der Waals surface area contributed by atoms with Gasteiger partial charge in [0.25, 0.3) is 0 Å². The molecular formula is C27H42FN3O2. The highest BCUT2D eigenvalue weighted by atomic mass is 19.1. The lowest BCUT2D eigenvalue weighted by atomic mass is 10.0. The number of rotatable bonds is 8. The van der Waals surface area contributed by atoms with Gasteiger partial charge in [-0.25, -0.2) is 4.39 Å². The monoisotopic (exact) mass is 459 g/mol. The van der Waals surface area contributed by atoms with Crippen LogP contribution >= 0.6 is 0 Å². The van der Waals surface area contributed by atoms with E-state index in [-0.39, 0.29) is 18.1 Å². The Kier molecular flexibility index (Phi) is 11.5. The first kappa shape index (κ1) is 28.6. The van der Waals surface area contributed by atoms with Crippen LogP contribution in [0.1, 0.15) is 54.0 Å². The SMILES string of the molecule is C=N/C(=C(/OCOC)C(=C)/C(C)=C/C)c1cc(F)cc(N2CCN(C(C)(C)C)CC2)c1.CC. The van der Waals surface area contributed by atoms with Crippen LogP contribution in [0.5, 0.6) is 0 Å². The fraction of sp³-hybridized carbons (Fsp3) is 0.519. The summed E-state index contributed by atoms with van der Waals surface area (Å²) in [6.07, 6.45) is 1.94. The van der Waals surface area contributed by atoms with Crippen LogP contribution in [0.2, 0.25) is 0 Å². The Bertz CT molecular complexity index is 861. The summed E-state index contributed by atoms with van der Waals surface area (Å²) in [6, 6.07) is 4.96. The zero-order valence-corrected chi connectivity index (χ0v) is 21.8. The summed E-state index contributed by atoms with van der Waals surface area (Å²) < 4.78 is 25.5. The van der Waals surface area contributed by atoms with E-state index in [1.165, 1.54) is 6.07 Å². The molecule has 1 aliphatic heterocycles. The Hall–Kier alpha value is -2.44. The highest BCUT2D eigenvalue weighted by Crippen LogP contribution is 2.32. The van der Waals surface area contributed by atoms with Gasteiger partial charge in [0.15, 0.2) is 12.6 Å². The highest BCUT2D eigenvalue weighted by Gasteiger charge is 2.26. The molecule has 0 saturated carbocycles. The molecule has 184 valence electrons. The molecule has 1 heterocycles. The lowest BCUT2D eigenvalue weighted by Gasteiger charge is -2.43. The van der Waals surface area contributed by atoms with Crippen LogP contribution in [0.3, 0.4) is 0 Å². The van der Waals surface area contributed by atoms with Crippen molar-refractivity contribution in [2.45, 2.75) is 54.0 Å². The van der Waals surface area contributed by atoms with E-state index in [1.54, 1.807) is 13.2 Å². The van der Waals surface area contributed by atoms with Gasteiger partial charge >= 0.3 is 0 Å². The maximum atomic E-state index is 14.7. The van der Waals surface area contributed by atoms with Crippen molar-refractivity contribution < 1.29 is 13.9 Å². The summed E-state index contributed by atoms with van der Waals surface area (Å²) in [6.45, 7) is 25.9. The van der Waals surface area contributed by atoms with E-state index in [0.717, 1.165) is 37.4 Å². The molecule has 1 aromatic carbocycles. The number of halogens is 1. The molecule has 0 spiro atoms. The maximum Gasteiger partial charge on any atom is 0.188 e. The van der Waals surface area contributed by atoms with Crippen molar-refractivity contribution in [1.82, 2.24) is 4.90 Å². The Balaban J connectivity index is 0.00000265. The van der Waals surface area contributed by atoms with Gasteiger partial charge in [-0.05, 0) is 65.1 Å². The van der Waals surface area contributed by atoms with Crippen LogP contribution < -0.4 is 4.90 Å². The number of methoxy groups -OCH3 is 1. The van der Waals surface area contributed by atoms with E-state index in [2.05, 4.69) is 48.9 Å². The Morgan fingerprint density at radius 3 is 2.24 bits per heavy atom. The first-order valence-electron chi connectivity index (χ1n) is 11.6. The number of allylic oxidation sites excluding steroid dienone is 2. The van der Waals surface area contributed by atoms with Crippen molar-refractivity contribution in [3.05, 3.63) is 59.1 Å². The van der Waals surface area contributed by atoms with Gasteiger partial charge in [0, 0.05) is 55.7 Å². The third kappa shape index (κ3) is 7.83. The van der Waals surface area contributed by atoms with Crippen LogP contribution in [-0.2, 0) is 9.47 Å². The summed E-state index contributed by atoms with van der Waals surface area (Å²) in [5.74, 6) is 0.105. The summed E-state index contributed by atoms with van der Waals surface area (Å²) in [5.41, 5.74) is 3.58. The van der Waals surface area contributed by atoms with Crippen LogP contribution in [0.15, 0.2) is 52.8 Å². The first-order valence-corrected chi connectivity index (χ1v) is 11.6. The number of hydrogen-bond acceptors (Lipinski definition) is 5. The number of aliphatic imine (C=N–C) groups is 1. The maximum absolute atomic E-state index is 14.7. The van der Waals surface area contributed by atoms with E-state index >= 15 is 0 Å². The summed E-state index contributed by atoms with van der Waals surface area (Å²) in [4.78, 5) is 8.84. The molecule has 0 aliphatic carbocycles. The molecule has 0 amide bonds. The lowest BCUT2D eigenvalue weighted by Crippen LogP contribution is -2.53. The quantitative estimate of drug-likeness (QED) is 0.198. The Morgan fingerprint density at radius 1 is 1.15 bits per heavy atom. The molecule has 1 saturated heterocycles.